The number of nitrogens with zero attached hydrogens (tertiary/aromatic N) is 2. The molecule has 0 bridgehead atoms. The van der Waals surface area contributed by atoms with E-state index in [1.165, 1.54) is 22.5 Å². The van der Waals surface area contributed by atoms with Gasteiger partial charge in [-0.25, -0.2) is 5.84 Å². The Morgan fingerprint density at radius 2 is 1.66 bits per heavy atom. The van der Waals surface area contributed by atoms with Gasteiger partial charge in [0.2, 0.25) is 11.6 Å². The molecule has 0 radical (unpaired) electrons. The van der Waals surface area contributed by atoms with Crippen molar-refractivity contribution >= 4 is 44.7 Å². The van der Waals surface area contributed by atoms with Crippen LogP contribution in [0.4, 0.5) is 11.4 Å². The molecule has 10 heteroatoms. The number of halogens is 1. The molecule has 1 amide bonds. The topological polar surface area (TPSA) is 116 Å². The summed E-state index contributed by atoms with van der Waals surface area (Å²) < 4.78 is 34.3. The van der Waals surface area contributed by atoms with E-state index in [0.29, 0.717) is 25.8 Å². The summed E-state index contributed by atoms with van der Waals surface area (Å²) in [5.74, 6) is 4.89. The highest BCUT2D eigenvalue weighted by atomic mass is 35.5. The van der Waals surface area contributed by atoms with Crippen LogP contribution >= 0.6 is 11.6 Å². The van der Waals surface area contributed by atoms with E-state index in [-0.39, 0.29) is 22.5 Å². The zero-order valence-corrected chi connectivity index (χ0v) is 31.4. The summed E-state index contributed by atoms with van der Waals surface area (Å²) in [6.07, 6.45) is 15.8. The number of allylic oxidation sites excluding steroid dienone is 8. The number of amides is 1. The number of hydrazine groups is 1. The molecule has 0 saturated heterocycles. The minimum atomic E-state index is -3.98. The Hall–Kier alpha value is -3.50. The first-order valence-electron chi connectivity index (χ1n) is 17.8. The quantitative estimate of drug-likeness (QED) is 0.0454. The summed E-state index contributed by atoms with van der Waals surface area (Å²) in [5.41, 5.74) is 11.3. The first-order valence-corrected chi connectivity index (χ1v) is 19.8. The van der Waals surface area contributed by atoms with Gasteiger partial charge in [-0.1, -0.05) is 74.0 Å². The van der Waals surface area contributed by atoms with Crippen molar-refractivity contribution in [3.05, 3.63) is 106 Å². The number of nitrogens with two attached hydrogens (primary N) is 1. The second kappa shape index (κ2) is 15.8. The number of hydrogen-bond donors (Lipinski definition) is 3. The Morgan fingerprint density at radius 3 is 2.40 bits per heavy atom. The van der Waals surface area contributed by atoms with Gasteiger partial charge in [-0.15, -0.1) is 0 Å². The SMILES string of the molecule is CC1(C)C(=CC=C2CCCC(C=CC3=[N+](CCCCCC(=O)NN)c4ccccc4C3(C)C)=C2Cl)N(CCCCS(=O)(=O)O)c2ccccc21. The van der Waals surface area contributed by atoms with Gasteiger partial charge in [0.05, 0.1) is 11.2 Å². The maximum Gasteiger partial charge on any atom is 0.264 e. The number of hydrogen-bond acceptors (Lipinski definition) is 5. The number of carbonyl (C=O) groups is 1. The van der Waals surface area contributed by atoms with Gasteiger partial charge in [0.25, 0.3) is 10.1 Å². The summed E-state index contributed by atoms with van der Waals surface area (Å²) in [4.78, 5) is 13.9. The number of para-hydroxylation sites is 2. The normalized spacial score (nSPS) is 19.9. The molecule has 0 unspecified atom stereocenters. The van der Waals surface area contributed by atoms with Gasteiger partial charge in [0.1, 0.15) is 6.54 Å². The summed E-state index contributed by atoms with van der Waals surface area (Å²) in [6, 6.07) is 17.0. The second-order valence-corrected chi connectivity index (χ2v) is 16.6. The molecule has 50 heavy (non-hydrogen) atoms. The highest BCUT2D eigenvalue weighted by molar-refractivity contribution is 7.85. The number of fused-ring (bicyclic) bond motifs is 2. The monoisotopic (exact) mass is 719 g/mol. The molecule has 0 fully saturated rings. The Balaban J connectivity index is 1.41. The lowest BCUT2D eigenvalue weighted by atomic mass is 9.81. The van der Waals surface area contributed by atoms with E-state index in [4.69, 9.17) is 17.4 Å². The van der Waals surface area contributed by atoms with E-state index in [1.54, 1.807) is 0 Å². The van der Waals surface area contributed by atoms with E-state index in [9.17, 15) is 17.8 Å². The van der Waals surface area contributed by atoms with Crippen LogP contribution in [0, 0.1) is 0 Å². The zero-order valence-electron chi connectivity index (χ0n) is 29.8. The van der Waals surface area contributed by atoms with E-state index >= 15 is 0 Å². The number of benzene rings is 2. The number of anilines is 1. The molecule has 0 spiro atoms. The van der Waals surface area contributed by atoms with Gasteiger partial charge in [0, 0.05) is 58.9 Å². The van der Waals surface area contributed by atoms with Crippen LogP contribution in [-0.4, -0.2) is 48.0 Å². The van der Waals surface area contributed by atoms with E-state index in [1.807, 2.05) is 6.07 Å². The van der Waals surface area contributed by atoms with Crippen molar-refractivity contribution in [2.75, 3.05) is 23.7 Å². The molecule has 2 aromatic carbocycles. The van der Waals surface area contributed by atoms with Gasteiger partial charge >= 0.3 is 0 Å². The number of carbonyl (C=O) groups excluding carboxylic acids is 1. The van der Waals surface area contributed by atoms with Crippen LogP contribution in [0.25, 0.3) is 0 Å². The predicted molar refractivity (Wildman–Crippen MR) is 205 cm³/mol. The van der Waals surface area contributed by atoms with Crippen LogP contribution in [0.1, 0.15) is 96.6 Å². The third-order valence-corrected chi connectivity index (χ3v) is 11.7. The molecular formula is C40H52ClN4O4S+. The molecule has 0 saturated carbocycles. The van der Waals surface area contributed by atoms with Crippen LogP contribution in [0.2, 0.25) is 0 Å². The molecule has 2 aliphatic heterocycles. The molecule has 0 aromatic heterocycles. The molecule has 1 aliphatic carbocycles. The summed E-state index contributed by atoms with van der Waals surface area (Å²) >= 11 is 7.19. The van der Waals surface area contributed by atoms with Crippen molar-refractivity contribution in [1.82, 2.24) is 5.43 Å². The number of rotatable bonds is 14. The van der Waals surface area contributed by atoms with Crippen LogP contribution < -0.4 is 16.2 Å². The third kappa shape index (κ3) is 8.34. The fourth-order valence-corrected chi connectivity index (χ4v) is 8.57. The summed E-state index contributed by atoms with van der Waals surface area (Å²) in [6.45, 7) is 10.5. The fourth-order valence-electron chi connectivity index (χ4n) is 7.69. The average Bonchev–Trinajstić information content (AvgIpc) is 3.43. The fraction of sp³-hybridized carbons (Fsp3) is 0.450. The standard InChI is InChI=1S/C40H51ClN4O4S/c1-39(2)31-17-7-9-19-33(31)44(26-11-5-6-21-37(46)43-42)35(39)24-22-29-15-14-16-30(38(29)41)23-25-36-40(3,4)32-18-8-10-20-34(32)45(36)27-12-13-28-50(47,48)49/h7-10,17-20,22-25H,5-6,11-16,21,26-28,42H2,1-4H3,(H-,43,46,47,48,49)/p+1. The molecular weight excluding hydrogens is 668 g/mol. The number of nitrogens with one attached hydrogen (secondary N) is 1. The van der Waals surface area contributed by atoms with Gasteiger partial charge in [0.15, 0.2) is 5.71 Å². The second-order valence-electron chi connectivity index (χ2n) is 14.6. The van der Waals surface area contributed by atoms with Crippen LogP contribution in [0.3, 0.4) is 0 Å². The third-order valence-electron chi connectivity index (χ3n) is 10.4. The number of unbranched alkanes of at least 4 members (excludes halogenated alkanes) is 3. The highest BCUT2D eigenvalue weighted by Crippen LogP contribution is 2.48. The van der Waals surface area contributed by atoms with Crippen LogP contribution in [0.15, 0.2) is 94.7 Å². The van der Waals surface area contributed by atoms with Crippen molar-refractivity contribution in [2.24, 2.45) is 5.84 Å². The lowest BCUT2D eigenvalue weighted by Gasteiger charge is -2.27. The lowest BCUT2D eigenvalue weighted by molar-refractivity contribution is -0.438. The molecule has 2 heterocycles. The largest absolute Gasteiger partial charge is 0.344 e. The molecule has 4 N–H and O–H groups in total. The molecule has 3 aliphatic rings. The summed E-state index contributed by atoms with van der Waals surface area (Å²) in [5, 5.41) is 0.802. The molecule has 2 aromatic rings. The molecule has 268 valence electrons. The van der Waals surface area contributed by atoms with Crippen LogP contribution in [0.5, 0.6) is 0 Å². The molecule has 5 rings (SSSR count). The van der Waals surface area contributed by atoms with Crippen molar-refractivity contribution in [2.45, 2.75) is 96.3 Å². The van der Waals surface area contributed by atoms with Crippen molar-refractivity contribution in [3.63, 3.8) is 0 Å². The first-order chi connectivity index (χ1) is 23.8. The first kappa shape index (κ1) is 37.7. The molecule has 0 atom stereocenters. The highest BCUT2D eigenvalue weighted by Gasteiger charge is 2.44. The van der Waals surface area contributed by atoms with Crippen molar-refractivity contribution in [3.8, 4) is 0 Å². The Morgan fingerprint density at radius 1 is 0.940 bits per heavy atom. The Labute approximate surface area is 303 Å². The lowest BCUT2D eigenvalue weighted by Crippen LogP contribution is -2.29. The van der Waals surface area contributed by atoms with Gasteiger partial charge < -0.3 is 4.90 Å². The minimum absolute atomic E-state index is 0.127. The smallest absolute Gasteiger partial charge is 0.264 e. The zero-order chi connectivity index (χ0) is 36.1. The van der Waals surface area contributed by atoms with Gasteiger partial charge in [-0.3, -0.25) is 14.8 Å². The Kier molecular flexibility index (Phi) is 11.9. The van der Waals surface area contributed by atoms with Gasteiger partial charge in [-0.05, 0) is 87.6 Å². The van der Waals surface area contributed by atoms with E-state index in [2.05, 4.69) is 109 Å². The molecule has 8 nitrogen and oxygen atoms in total. The predicted octanol–water partition coefficient (Wildman–Crippen LogP) is 8.12. The van der Waals surface area contributed by atoms with E-state index in [0.717, 1.165) is 72.6 Å². The van der Waals surface area contributed by atoms with E-state index < -0.39 is 10.1 Å². The van der Waals surface area contributed by atoms with Crippen molar-refractivity contribution in [1.29, 1.82) is 0 Å². The summed E-state index contributed by atoms with van der Waals surface area (Å²) in [7, 11) is -3.98. The average molecular weight is 720 g/mol. The maximum atomic E-state index is 11.6. The van der Waals surface area contributed by atoms with Crippen LogP contribution in [-0.2, 0) is 25.7 Å². The van der Waals surface area contributed by atoms with Crippen molar-refractivity contribution < 1.29 is 22.3 Å². The minimum Gasteiger partial charge on any atom is -0.344 e. The maximum absolute atomic E-state index is 11.6. The van der Waals surface area contributed by atoms with Gasteiger partial charge in [-0.2, -0.15) is 13.0 Å². The Bertz CT molecular complexity index is 1870.